The smallest absolute Gasteiger partial charge is 0.303 e. The van der Waals surface area contributed by atoms with Gasteiger partial charge in [0.2, 0.25) is 5.91 Å². The number of carboxylic acid groups (broad SMARTS) is 1. The van der Waals surface area contributed by atoms with Crippen molar-refractivity contribution in [2.45, 2.75) is 23.8 Å². The zero-order valence-corrected chi connectivity index (χ0v) is 10.9. The number of carbonyl (C=O) groups excluding carboxylic acids is 1. The fraction of sp³-hybridized carbons (Fsp3) is 0.333. The zero-order chi connectivity index (χ0) is 13.5. The van der Waals surface area contributed by atoms with Crippen LogP contribution in [0.25, 0.3) is 0 Å². The molecule has 0 aromatic heterocycles. The van der Waals surface area contributed by atoms with Gasteiger partial charge in [-0.3, -0.25) is 9.59 Å². The van der Waals surface area contributed by atoms with Crippen molar-refractivity contribution < 1.29 is 14.7 Å². The average molecular weight is 268 g/mol. The Bertz CT molecular complexity index is 437. The lowest BCUT2D eigenvalue weighted by Crippen LogP contribution is -2.36. The van der Waals surface area contributed by atoms with Crippen LogP contribution in [-0.2, 0) is 9.59 Å². The minimum absolute atomic E-state index is 0.112. The van der Waals surface area contributed by atoms with Crippen LogP contribution in [0.1, 0.15) is 12.8 Å². The Morgan fingerprint density at radius 3 is 2.83 bits per heavy atom. The van der Waals surface area contributed by atoms with Gasteiger partial charge >= 0.3 is 5.97 Å². The van der Waals surface area contributed by atoms with Crippen LogP contribution < -0.4 is 11.1 Å². The number of hydrogen-bond donors (Lipinski definition) is 3. The minimum Gasteiger partial charge on any atom is -0.481 e. The zero-order valence-electron chi connectivity index (χ0n) is 10.1. The summed E-state index contributed by atoms with van der Waals surface area (Å²) in [7, 11) is 0. The van der Waals surface area contributed by atoms with E-state index in [2.05, 4.69) is 5.32 Å². The van der Waals surface area contributed by atoms with Gasteiger partial charge in [-0.1, -0.05) is 6.07 Å². The molecule has 0 bridgehead atoms. The van der Waals surface area contributed by atoms with Crippen LogP contribution in [0.15, 0.2) is 29.2 Å². The Kier molecular flexibility index (Phi) is 5.67. The van der Waals surface area contributed by atoms with Crippen LogP contribution in [-0.4, -0.2) is 29.3 Å². The van der Waals surface area contributed by atoms with Crippen molar-refractivity contribution in [2.75, 3.05) is 11.6 Å². The van der Waals surface area contributed by atoms with Crippen LogP contribution in [0.3, 0.4) is 0 Å². The Balaban J connectivity index is 2.55. The van der Waals surface area contributed by atoms with E-state index in [9.17, 15) is 9.59 Å². The first-order valence-electron chi connectivity index (χ1n) is 5.45. The molecule has 0 spiro atoms. The lowest BCUT2D eigenvalue weighted by molar-refractivity contribution is -0.137. The molecule has 1 aromatic rings. The summed E-state index contributed by atoms with van der Waals surface area (Å²) >= 11 is 1.57. The maximum Gasteiger partial charge on any atom is 0.303 e. The molecule has 0 aliphatic heterocycles. The number of aliphatic carboxylic acids is 1. The van der Waals surface area contributed by atoms with Gasteiger partial charge in [-0.25, -0.2) is 0 Å². The van der Waals surface area contributed by atoms with Crippen LogP contribution >= 0.6 is 11.8 Å². The molecule has 1 atom stereocenters. The Labute approximate surface area is 110 Å². The SMILES string of the molecule is CSc1cccc(NC(=O)C(N)CCC(=O)O)c1. The Morgan fingerprint density at radius 2 is 2.22 bits per heavy atom. The molecule has 98 valence electrons. The van der Waals surface area contributed by atoms with Crippen LogP contribution in [0.5, 0.6) is 0 Å². The second-order valence-electron chi connectivity index (χ2n) is 3.76. The first kappa shape index (κ1) is 14.5. The summed E-state index contributed by atoms with van der Waals surface area (Å²) < 4.78 is 0. The quantitative estimate of drug-likeness (QED) is 0.681. The molecular weight excluding hydrogens is 252 g/mol. The highest BCUT2D eigenvalue weighted by molar-refractivity contribution is 7.98. The second kappa shape index (κ2) is 7.03. The van der Waals surface area contributed by atoms with E-state index < -0.39 is 12.0 Å². The first-order valence-corrected chi connectivity index (χ1v) is 6.67. The van der Waals surface area contributed by atoms with E-state index >= 15 is 0 Å². The lowest BCUT2D eigenvalue weighted by Gasteiger charge is -2.11. The highest BCUT2D eigenvalue weighted by Gasteiger charge is 2.14. The monoisotopic (exact) mass is 268 g/mol. The van der Waals surface area contributed by atoms with Crippen molar-refractivity contribution in [1.82, 2.24) is 0 Å². The molecule has 1 rings (SSSR count). The molecule has 5 nitrogen and oxygen atoms in total. The first-order chi connectivity index (χ1) is 8.52. The van der Waals surface area contributed by atoms with Crippen molar-refractivity contribution in [3.05, 3.63) is 24.3 Å². The molecule has 0 radical (unpaired) electrons. The van der Waals surface area contributed by atoms with Crippen molar-refractivity contribution in [1.29, 1.82) is 0 Å². The predicted molar refractivity (Wildman–Crippen MR) is 71.7 cm³/mol. The summed E-state index contributed by atoms with van der Waals surface area (Å²) in [6.45, 7) is 0. The molecular formula is C12H16N2O3S. The topological polar surface area (TPSA) is 92.4 Å². The fourth-order valence-electron chi connectivity index (χ4n) is 1.35. The average Bonchev–Trinajstić information content (AvgIpc) is 2.36. The maximum atomic E-state index is 11.7. The van der Waals surface area contributed by atoms with Crippen LogP contribution in [0.4, 0.5) is 5.69 Å². The van der Waals surface area contributed by atoms with E-state index in [1.807, 2.05) is 24.5 Å². The van der Waals surface area contributed by atoms with Gasteiger partial charge < -0.3 is 16.2 Å². The number of nitrogens with two attached hydrogens (primary N) is 1. The predicted octanol–water partition coefficient (Wildman–Crippen LogP) is 1.54. The highest BCUT2D eigenvalue weighted by atomic mass is 32.2. The van der Waals surface area contributed by atoms with Gasteiger partial charge in [0.15, 0.2) is 0 Å². The minimum atomic E-state index is -0.956. The lowest BCUT2D eigenvalue weighted by atomic mass is 10.1. The van der Waals surface area contributed by atoms with Crippen molar-refractivity contribution >= 4 is 29.3 Å². The van der Waals surface area contributed by atoms with Crippen LogP contribution in [0, 0.1) is 0 Å². The largest absolute Gasteiger partial charge is 0.481 e. The van der Waals surface area contributed by atoms with Gasteiger partial charge in [-0.15, -0.1) is 11.8 Å². The number of nitrogens with one attached hydrogen (secondary N) is 1. The van der Waals surface area contributed by atoms with E-state index in [4.69, 9.17) is 10.8 Å². The number of rotatable bonds is 6. The van der Waals surface area contributed by atoms with E-state index in [-0.39, 0.29) is 18.7 Å². The fourth-order valence-corrected chi connectivity index (χ4v) is 1.81. The van der Waals surface area contributed by atoms with Crippen molar-refractivity contribution in [3.63, 3.8) is 0 Å². The molecule has 18 heavy (non-hydrogen) atoms. The van der Waals surface area contributed by atoms with Crippen molar-refractivity contribution in [3.8, 4) is 0 Å². The number of hydrogen-bond acceptors (Lipinski definition) is 4. The molecule has 6 heteroatoms. The molecule has 0 saturated carbocycles. The maximum absolute atomic E-state index is 11.7. The summed E-state index contributed by atoms with van der Waals surface area (Å²) in [4.78, 5) is 23.1. The standard InChI is InChI=1S/C12H16N2O3S/c1-18-9-4-2-3-8(7-9)14-12(17)10(13)5-6-11(15)16/h2-4,7,10H,5-6,13H2,1H3,(H,14,17)(H,15,16). The number of carbonyl (C=O) groups is 2. The molecule has 0 heterocycles. The van der Waals surface area contributed by atoms with Crippen molar-refractivity contribution in [2.24, 2.45) is 5.73 Å². The number of anilines is 1. The summed E-state index contributed by atoms with van der Waals surface area (Å²) in [5.41, 5.74) is 6.27. The van der Waals surface area contributed by atoms with Gasteiger partial charge in [0.25, 0.3) is 0 Å². The van der Waals surface area contributed by atoms with E-state index in [1.54, 1.807) is 17.8 Å². The number of carboxylic acids is 1. The summed E-state index contributed by atoms with van der Waals surface area (Å²) in [6, 6.07) is 6.57. The summed E-state index contributed by atoms with van der Waals surface area (Å²) in [5.74, 6) is -1.32. The molecule has 1 aromatic carbocycles. The van der Waals surface area contributed by atoms with Gasteiger partial charge in [-0.2, -0.15) is 0 Å². The van der Waals surface area contributed by atoms with Gasteiger partial charge in [0.1, 0.15) is 0 Å². The summed E-state index contributed by atoms with van der Waals surface area (Å²) in [5, 5.41) is 11.2. The van der Waals surface area contributed by atoms with E-state index in [1.165, 1.54) is 0 Å². The molecule has 0 fully saturated rings. The third-order valence-electron chi connectivity index (χ3n) is 2.34. The molecule has 1 unspecified atom stereocenters. The molecule has 1 amide bonds. The third kappa shape index (κ3) is 4.77. The Hall–Kier alpha value is -1.53. The normalized spacial score (nSPS) is 11.9. The second-order valence-corrected chi connectivity index (χ2v) is 4.64. The number of benzene rings is 1. The van der Waals surface area contributed by atoms with Gasteiger partial charge in [-0.05, 0) is 30.9 Å². The summed E-state index contributed by atoms with van der Waals surface area (Å²) in [6.07, 6.45) is 1.96. The Morgan fingerprint density at radius 1 is 1.50 bits per heavy atom. The number of thioether (sulfide) groups is 1. The molecule has 0 aliphatic carbocycles. The molecule has 0 saturated heterocycles. The van der Waals surface area contributed by atoms with Gasteiger partial charge in [0.05, 0.1) is 6.04 Å². The highest BCUT2D eigenvalue weighted by Crippen LogP contribution is 2.19. The number of amides is 1. The van der Waals surface area contributed by atoms with Gasteiger partial charge in [0, 0.05) is 17.0 Å². The molecule has 4 N–H and O–H groups in total. The molecule has 0 aliphatic rings. The van der Waals surface area contributed by atoms with Crippen LogP contribution in [0.2, 0.25) is 0 Å². The van der Waals surface area contributed by atoms with E-state index in [0.29, 0.717) is 5.69 Å². The van der Waals surface area contributed by atoms with E-state index in [0.717, 1.165) is 4.90 Å². The third-order valence-corrected chi connectivity index (χ3v) is 3.07.